The van der Waals surface area contributed by atoms with Gasteiger partial charge in [0.2, 0.25) is 0 Å². The second-order valence-electron chi connectivity index (χ2n) is 4.15. The molecule has 1 rings (SSSR count). The lowest BCUT2D eigenvalue weighted by Gasteiger charge is -2.16. The van der Waals surface area contributed by atoms with Crippen LogP contribution in [-0.4, -0.2) is 15.5 Å². The van der Waals surface area contributed by atoms with Gasteiger partial charge in [-0.15, -0.1) is 11.8 Å². The molecule has 0 aliphatic rings. The summed E-state index contributed by atoms with van der Waals surface area (Å²) in [4.78, 5) is 16.2. The van der Waals surface area contributed by atoms with Gasteiger partial charge in [-0.2, -0.15) is 0 Å². The minimum Gasteiger partial charge on any atom is -0.293 e. The Labute approximate surface area is 89.1 Å². The molecular formula is C11H15NOS. The van der Waals surface area contributed by atoms with Crippen LogP contribution in [0.4, 0.5) is 0 Å². The third-order valence-electron chi connectivity index (χ3n) is 1.52. The Kier molecular flexibility index (Phi) is 3.32. The Morgan fingerprint density at radius 2 is 2.00 bits per heavy atom. The molecule has 0 aliphatic heterocycles. The molecule has 0 spiro atoms. The van der Waals surface area contributed by atoms with Gasteiger partial charge in [-0.3, -0.25) is 9.78 Å². The zero-order chi connectivity index (χ0) is 10.8. The van der Waals surface area contributed by atoms with E-state index in [9.17, 15) is 4.79 Å². The van der Waals surface area contributed by atoms with E-state index in [1.165, 1.54) is 6.92 Å². The third-order valence-corrected chi connectivity index (χ3v) is 2.61. The van der Waals surface area contributed by atoms with Crippen LogP contribution < -0.4 is 0 Å². The largest absolute Gasteiger partial charge is 0.293 e. The molecular weight excluding hydrogens is 194 g/mol. The highest BCUT2D eigenvalue weighted by molar-refractivity contribution is 8.00. The second kappa shape index (κ2) is 4.13. The van der Waals surface area contributed by atoms with Crippen LogP contribution in [0.15, 0.2) is 23.2 Å². The van der Waals surface area contributed by atoms with Crippen LogP contribution >= 0.6 is 11.8 Å². The van der Waals surface area contributed by atoms with Crippen LogP contribution in [0.2, 0.25) is 0 Å². The van der Waals surface area contributed by atoms with E-state index in [-0.39, 0.29) is 10.5 Å². The summed E-state index contributed by atoms with van der Waals surface area (Å²) in [5.74, 6) is 0.0114. The fourth-order valence-corrected chi connectivity index (χ4v) is 1.95. The number of Topliss-reactive ketones (excluding diaryl/α,β-unsaturated/α-hetero) is 1. The third kappa shape index (κ3) is 3.50. The summed E-state index contributed by atoms with van der Waals surface area (Å²) < 4.78 is 0.180. The first kappa shape index (κ1) is 11.2. The second-order valence-corrected chi connectivity index (χ2v) is 6.05. The van der Waals surface area contributed by atoms with Crippen LogP contribution in [0.1, 0.15) is 38.2 Å². The van der Waals surface area contributed by atoms with E-state index in [1.54, 1.807) is 24.0 Å². The number of aromatic nitrogens is 1. The van der Waals surface area contributed by atoms with E-state index in [4.69, 9.17) is 0 Å². The van der Waals surface area contributed by atoms with Gasteiger partial charge < -0.3 is 0 Å². The molecule has 0 fully saturated rings. The molecule has 0 saturated heterocycles. The molecule has 3 heteroatoms. The molecule has 2 nitrogen and oxygen atoms in total. The van der Waals surface area contributed by atoms with Crippen molar-refractivity contribution in [1.82, 2.24) is 4.98 Å². The highest BCUT2D eigenvalue weighted by atomic mass is 32.2. The van der Waals surface area contributed by atoms with E-state index in [0.29, 0.717) is 5.69 Å². The first-order chi connectivity index (χ1) is 6.38. The van der Waals surface area contributed by atoms with Crippen molar-refractivity contribution in [3.05, 3.63) is 24.0 Å². The van der Waals surface area contributed by atoms with Crippen molar-refractivity contribution in [2.45, 2.75) is 37.3 Å². The van der Waals surface area contributed by atoms with Crippen molar-refractivity contribution in [2.75, 3.05) is 0 Å². The summed E-state index contributed by atoms with van der Waals surface area (Å²) in [6, 6.07) is 3.72. The standard InChI is InChI=1S/C11H15NOS/c1-8(13)10-6-5-9(7-12-10)14-11(2,3)4/h5-7H,1-4H3. The van der Waals surface area contributed by atoms with E-state index < -0.39 is 0 Å². The van der Waals surface area contributed by atoms with Gasteiger partial charge in [-0.05, 0) is 12.1 Å². The first-order valence-corrected chi connectivity index (χ1v) is 5.36. The molecule has 76 valence electrons. The maximum atomic E-state index is 11.0. The normalized spacial score (nSPS) is 11.4. The van der Waals surface area contributed by atoms with Gasteiger partial charge >= 0.3 is 0 Å². The highest BCUT2D eigenvalue weighted by Crippen LogP contribution is 2.31. The molecule has 0 N–H and O–H groups in total. The number of carbonyl (C=O) groups excluding carboxylic acids is 1. The van der Waals surface area contributed by atoms with E-state index >= 15 is 0 Å². The topological polar surface area (TPSA) is 30.0 Å². The van der Waals surface area contributed by atoms with Crippen molar-refractivity contribution in [3.63, 3.8) is 0 Å². The summed E-state index contributed by atoms with van der Waals surface area (Å²) in [5, 5.41) is 0. The van der Waals surface area contributed by atoms with Crippen LogP contribution in [0, 0.1) is 0 Å². The minimum absolute atomic E-state index is 0.0114. The predicted molar refractivity (Wildman–Crippen MR) is 59.9 cm³/mol. The van der Waals surface area contributed by atoms with Crippen molar-refractivity contribution in [1.29, 1.82) is 0 Å². The van der Waals surface area contributed by atoms with E-state index in [2.05, 4.69) is 25.8 Å². The number of ketones is 1. The molecule has 0 bridgehead atoms. The first-order valence-electron chi connectivity index (χ1n) is 4.54. The molecule has 0 amide bonds. The van der Waals surface area contributed by atoms with Gasteiger partial charge in [0, 0.05) is 22.8 Å². The Hall–Kier alpha value is -0.830. The van der Waals surface area contributed by atoms with Gasteiger partial charge in [-0.1, -0.05) is 20.8 Å². The molecule has 1 aromatic rings. The number of hydrogen-bond acceptors (Lipinski definition) is 3. The van der Waals surface area contributed by atoms with Gasteiger partial charge in [0.15, 0.2) is 5.78 Å². The predicted octanol–water partition coefficient (Wildman–Crippen LogP) is 3.17. The van der Waals surface area contributed by atoms with Gasteiger partial charge in [0.25, 0.3) is 0 Å². The monoisotopic (exact) mass is 209 g/mol. The lowest BCUT2D eigenvalue weighted by atomic mass is 10.3. The fourth-order valence-electron chi connectivity index (χ4n) is 1.00. The van der Waals surface area contributed by atoms with E-state index in [1.807, 2.05) is 6.07 Å². The summed E-state index contributed by atoms with van der Waals surface area (Å²) >= 11 is 1.75. The Morgan fingerprint density at radius 1 is 1.36 bits per heavy atom. The number of hydrogen-bond donors (Lipinski definition) is 0. The Morgan fingerprint density at radius 3 is 2.36 bits per heavy atom. The molecule has 0 atom stereocenters. The molecule has 1 aromatic heterocycles. The summed E-state index contributed by atoms with van der Waals surface area (Å²) in [7, 11) is 0. The minimum atomic E-state index is 0.0114. The zero-order valence-corrected chi connectivity index (χ0v) is 9.81. The maximum Gasteiger partial charge on any atom is 0.178 e. The lowest BCUT2D eigenvalue weighted by Crippen LogP contribution is -2.07. The Balaban J connectivity index is 2.79. The maximum absolute atomic E-state index is 11.0. The SMILES string of the molecule is CC(=O)c1ccc(SC(C)(C)C)cn1. The number of thioether (sulfide) groups is 1. The fraction of sp³-hybridized carbons (Fsp3) is 0.455. The molecule has 1 heterocycles. The average molecular weight is 209 g/mol. The summed E-state index contributed by atoms with van der Waals surface area (Å²) in [5.41, 5.74) is 0.531. The summed E-state index contributed by atoms with van der Waals surface area (Å²) in [6.07, 6.45) is 1.76. The molecule has 0 aliphatic carbocycles. The van der Waals surface area contributed by atoms with Crippen LogP contribution in [0.3, 0.4) is 0 Å². The number of rotatable bonds is 2. The quantitative estimate of drug-likeness (QED) is 0.553. The van der Waals surface area contributed by atoms with Crippen LogP contribution in [0.5, 0.6) is 0 Å². The zero-order valence-electron chi connectivity index (χ0n) is 9.00. The molecule has 0 unspecified atom stereocenters. The van der Waals surface area contributed by atoms with E-state index in [0.717, 1.165) is 4.90 Å². The van der Waals surface area contributed by atoms with Crippen LogP contribution in [-0.2, 0) is 0 Å². The van der Waals surface area contributed by atoms with Crippen molar-refractivity contribution < 1.29 is 4.79 Å². The van der Waals surface area contributed by atoms with Crippen molar-refractivity contribution in [3.8, 4) is 0 Å². The number of pyridine rings is 1. The van der Waals surface area contributed by atoms with Crippen molar-refractivity contribution in [2.24, 2.45) is 0 Å². The molecule has 0 radical (unpaired) electrons. The van der Waals surface area contributed by atoms with Gasteiger partial charge in [-0.25, -0.2) is 0 Å². The molecule has 14 heavy (non-hydrogen) atoms. The molecule has 0 aromatic carbocycles. The lowest BCUT2D eigenvalue weighted by molar-refractivity contribution is 0.101. The molecule has 0 saturated carbocycles. The van der Waals surface area contributed by atoms with Crippen LogP contribution in [0.25, 0.3) is 0 Å². The number of nitrogens with zero attached hydrogens (tertiary/aromatic N) is 1. The van der Waals surface area contributed by atoms with Gasteiger partial charge in [0.05, 0.1) is 0 Å². The van der Waals surface area contributed by atoms with Crippen molar-refractivity contribution >= 4 is 17.5 Å². The van der Waals surface area contributed by atoms with Gasteiger partial charge in [0.1, 0.15) is 5.69 Å². The highest BCUT2D eigenvalue weighted by Gasteiger charge is 2.12. The smallest absolute Gasteiger partial charge is 0.178 e. The Bertz CT molecular complexity index is 324. The number of carbonyl (C=O) groups is 1. The summed E-state index contributed by atoms with van der Waals surface area (Å²) in [6.45, 7) is 7.97. The average Bonchev–Trinajstić information content (AvgIpc) is 2.02.